The molecule has 0 unspecified atom stereocenters. The van der Waals surface area contributed by atoms with E-state index in [1.54, 1.807) is 22.7 Å². The van der Waals surface area contributed by atoms with Gasteiger partial charge in [0.05, 0.1) is 27.8 Å². The SMILES string of the molecule is C[C@@H](NC(=O)CN1CCC[C@H](c2nc3ccccc3s2)C1)c1cccs1. The van der Waals surface area contributed by atoms with Gasteiger partial charge in [0.25, 0.3) is 0 Å². The first-order valence-electron chi connectivity index (χ1n) is 9.09. The first kappa shape index (κ1) is 17.6. The van der Waals surface area contributed by atoms with E-state index in [0.717, 1.165) is 31.4 Å². The fourth-order valence-corrected chi connectivity index (χ4v) is 5.39. The number of hydrogen-bond donors (Lipinski definition) is 1. The monoisotopic (exact) mass is 385 g/mol. The number of rotatable bonds is 5. The second-order valence-electron chi connectivity index (χ2n) is 6.90. The summed E-state index contributed by atoms with van der Waals surface area (Å²) in [6.45, 7) is 4.42. The van der Waals surface area contributed by atoms with Crippen LogP contribution in [-0.2, 0) is 4.79 Å². The molecule has 6 heteroatoms. The Morgan fingerprint density at radius 1 is 1.35 bits per heavy atom. The van der Waals surface area contributed by atoms with Crippen LogP contribution in [-0.4, -0.2) is 35.4 Å². The van der Waals surface area contributed by atoms with Gasteiger partial charge in [0.15, 0.2) is 0 Å². The average Bonchev–Trinajstić information content (AvgIpc) is 3.31. The van der Waals surface area contributed by atoms with Gasteiger partial charge in [0, 0.05) is 17.3 Å². The Labute approximate surface area is 161 Å². The molecule has 4 nitrogen and oxygen atoms in total. The maximum Gasteiger partial charge on any atom is 0.234 e. The van der Waals surface area contributed by atoms with Crippen molar-refractivity contribution in [2.45, 2.75) is 31.7 Å². The molecule has 1 N–H and O–H groups in total. The molecule has 3 heterocycles. The summed E-state index contributed by atoms with van der Waals surface area (Å²) >= 11 is 3.48. The van der Waals surface area contributed by atoms with E-state index < -0.39 is 0 Å². The number of hydrogen-bond acceptors (Lipinski definition) is 5. The molecule has 2 atom stereocenters. The molecular formula is C20H23N3OS2. The molecule has 0 aliphatic carbocycles. The van der Waals surface area contributed by atoms with Crippen LogP contribution in [0, 0.1) is 0 Å². The Hall–Kier alpha value is -1.76. The highest BCUT2D eigenvalue weighted by Gasteiger charge is 2.25. The number of thiazole rings is 1. The van der Waals surface area contributed by atoms with Crippen LogP contribution in [0.4, 0.5) is 0 Å². The van der Waals surface area contributed by atoms with Gasteiger partial charge in [0.2, 0.25) is 5.91 Å². The first-order valence-corrected chi connectivity index (χ1v) is 10.8. The summed E-state index contributed by atoms with van der Waals surface area (Å²) in [5.74, 6) is 0.541. The Morgan fingerprint density at radius 3 is 3.04 bits per heavy atom. The van der Waals surface area contributed by atoms with Crippen molar-refractivity contribution >= 4 is 38.8 Å². The second-order valence-corrected chi connectivity index (χ2v) is 8.94. The van der Waals surface area contributed by atoms with Crippen molar-refractivity contribution in [3.8, 4) is 0 Å². The molecule has 0 bridgehead atoms. The fraction of sp³-hybridized carbons (Fsp3) is 0.400. The zero-order valence-corrected chi connectivity index (χ0v) is 16.5. The highest BCUT2D eigenvalue weighted by Crippen LogP contribution is 2.32. The van der Waals surface area contributed by atoms with Crippen LogP contribution in [0.2, 0.25) is 0 Å². The summed E-state index contributed by atoms with van der Waals surface area (Å²) < 4.78 is 1.25. The van der Waals surface area contributed by atoms with Crippen molar-refractivity contribution in [2.75, 3.05) is 19.6 Å². The van der Waals surface area contributed by atoms with Gasteiger partial charge in [-0.3, -0.25) is 9.69 Å². The largest absolute Gasteiger partial charge is 0.348 e. The van der Waals surface area contributed by atoms with Crippen molar-refractivity contribution < 1.29 is 4.79 Å². The van der Waals surface area contributed by atoms with Gasteiger partial charge < -0.3 is 5.32 Å². The number of nitrogens with one attached hydrogen (secondary N) is 1. The molecule has 4 rings (SSSR count). The zero-order chi connectivity index (χ0) is 17.9. The number of carbonyl (C=O) groups excluding carboxylic acids is 1. The smallest absolute Gasteiger partial charge is 0.234 e. The lowest BCUT2D eigenvalue weighted by Gasteiger charge is -2.31. The van der Waals surface area contributed by atoms with Crippen LogP contribution in [0.1, 0.15) is 41.6 Å². The lowest BCUT2D eigenvalue weighted by atomic mass is 9.99. The van der Waals surface area contributed by atoms with Crippen LogP contribution >= 0.6 is 22.7 Å². The number of amides is 1. The average molecular weight is 386 g/mol. The number of likely N-dealkylation sites (tertiary alicyclic amines) is 1. The van der Waals surface area contributed by atoms with E-state index in [1.165, 1.54) is 14.6 Å². The van der Waals surface area contributed by atoms with Crippen LogP contribution in [0.25, 0.3) is 10.2 Å². The predicted octanol–water partition coefficient (Wildman–Crippen LogP) is 4.41. The maximum atomic E-state index is 12.4. The minimum atomic E-state index is 0.0762. The van der Waals surface area contributed by atoms with Crippen molar-refractivity contribution in [2.24, 2.45) is 0 Å². The quantitative estimate of drug-likeness (QED) is 0.707. The molecule has 1 aliphatic heterocycles. The highest BCUT2D eigenvalue weighted by atomic mass is 32.1. The zero-order valence-electron chi connectivity index (χ0n) is 14.9. The van der Waals surface area contributed by atoms with Gasteiger partial charge in [-0.15, -0.1) is 22.7 Å². The Balaban J connectivity index is 1.36. The molecule has 136 valence electrons. The summed E-state index contributed by atoms with van der Waals surface area (Å²) in [6.07, 6.45) is 2.28. The number of nitrogens with zero attached hydrogens (tertiary/aromatic N) is 2. The molecule has 0 saturated carbocycles. The summed E-state index contributed by atoms with van der Waals surface area (Å²) in [7, 11) is 0. The third-order valence-electron chi connectivity index (χ3n) is 4.88. The third-order valence-corrected chi connectivity index (χ3v) is 7.13. The molecule has 26 heavy (non-hydrogen) atoms. The van der Waals surface area contributed by atoms with E-state index >= 15 is 0 Å². The second kappa shape index (κ2) is 7.86. The van der Waals surface area contributed by atoms with Gasteiger partial charge in [-0.05, 0) is 49.9 Å². The lowest BCUT2D eigenvalue weighted by molar-refractivity contribution is -0.123. The van der Waals surface area contributed by atoms with Crippen molar-refractivity contribution in [3.05, 3.63) is 51.7 Å². The highest BCUT2D eigenvalue weighted by molar-refractivity contribution is 7.18. The molecule has 1 aliphatic rings. The number of para-hydroxylation sites is 1. The van der Waals surface area contributed by atoms with Crippen molar-refractivity contribution in [3.63, 3.8) is 0 Å². The summed E-state index contributed by atoms with van der Waals surface area (Å²) in [5, 5.41) is 6.38. The fourth-order valence-electron chi connectivity index (χ4n) is 3.56. The molecule has 1 amide bonds. The number of aromatic nitrogens is 1. The standard InChI is InChI=1S/C20H23N3OS2/c1-14(17-9-5-11-25-17)21-19(24)13-23-10-4-6-15(12-23)20-22-16-7-2-3-8-18(16)26-20/h2-3,5,7-9,11,14-15H,4,6,10,12-13H2,1H3,(H,21,24)/t14-,15+/m1/s1. The number of thiophene rings is 1. The summed E-state index contributed by atoms with van der Waals surface area (Å²) in [5.41, 5.74) is 1.09. The molecular weight excluding hydrogens is 362 g/mol. The minimum absolute atomic E-state index is 0.0762. The van der Waals surface area contributed by atoms with Crippen molar-refractivity contribution in [1.29, 1.82) is 0 Å². The Bertz CT molecular complexity index is 841. The van der Waals surface area contributed by atoms with Gasteiger partial charge in [0.1, 0.15) is 0 Å². The van der Waals surface area contributed by atoms with Crippen LogP contribution < -0.4 is 5.32 Å². The summed E-state index contributed by atoms with van der Waals surface area (Å²) in [6, 6.07) is 12.5. The number of benzene rings is 1. The van der Waals surface area contributed by atoms with Gasteiger partial charge in [-0.2, -0.15) is 0 Å². The third kappa shape index (κ3) is 3.98. The Morgan fingerprint density at radius 2 is 2.23 bits per heavy atom. The van der Waals surface area contributed by atoms with Gasteiger partial charge >= 0.3 is 0 Å². The van der Waals surface area contributed by atoms with Crippen LogP contribution in [0.3, 0.4) is 0 Å². The van der Waals surface area contributed by atoms with E-state index in [4.69, 9.17) is 4.98 Å². The van der Waals surface area contributed by atoms with E-state index in [9.17, 15) is 4.79 Å². The number of piperidine rings is 1. The van der Waals surface area contributed by atoms with Gasteiger partial charge in [-0.25, -0.2) is 4.98 Å². The summed E-state index contributed by atoms with van der Waals surface area (Å²) in [4.78, 5) is 20.7. The molecule has 3 aromatic rings. The molecule has 1 saturated heterocycles. The molecule has 2 aromatic heterocycles. The number of carbonyl (C=O) groups is 1. The lowest BCUT2D eigenvalue weighted by Crippen LogP contribution is -2.42. The van der Waals surface area contributed by atoms with Crippen molar-refractivity contribution in [1.82, 2.24) is 15.2 Å². The van der Waals surface area contributed by atoms with E-state index in [1.807, 2.05) is 24.4 Å². The van der Waals surface area contributed by atoms with Crippen LogP contribution in [0.15, 0.2) is 41.8 Å². The Kier molecular flexibility index (Phi) is 5.33. The van der Waals surface area contributed by atoms with E-state index in [2.05, 4.69) is 34.5 Å². The predicted molar refractivity (Wildman–Crippen MR) is 109 cm³/mol. The molecule has 1 fully saturated rings. The van der Waals surface area contributed by atoms with Gasteiger partial charge in [-0.1, -0.05) is 18.2 Å². The van der Waals surface area contributed by atoms with E-state index in [-0.39, 0.29) is 11.9 Å². The minimum Gasteiger partial charge on any atom is -0.348 e. The molecule has 0 spiro atoms. The first-order chi connectivity index (χ1) is 12.7. The van der Waals surface area contributed by atoms with E-state index in [0.29, 0.717) is 12.5 Å². The number of fused-ring (bicyclic) bond motifs is 1. The molecule has 0 radical (unpaired) electrons. The normalized spacial score (nSPS) is 19.5. The molecule has 1 aromatic carbocycles. The topological polar surface area (TPSA) is 45.2 Å². The van der Waals surface area contributed by atoms with Crippen LogP contribution in [0.5, 0.6) is 0 Å². The maximum absolute atomic E-state index is 12.4.